The van der Waals surface area contributed by atoms with Crippen molar-refractivity contribution in [1.82, 2.24) is 10.2 Å². The Bertz CT molecular complexity index is 456. The molecule has 0 spiro atoms. The van der Waals surface area contributed by atoms with Gasteiger partial charge in [0, 0.05) is 37.8 Å². The van der Waals surface area contributed by atoms with E-state index in [-0.39, 0.29) is 11.9 Å². The fourth-order valence-electron chi connectivity index (χ4n) is 2.58. The molecule has 104 valence electrons. The summed E-state index contributed by atoms with van der Waals surface area (Å²) in [6.07, 6.45) is 2.55. The summed E-state index contributed by atoms with van der Waals surface area (Å²) in [6.45, 7) is 9.37. The molecule has 0 radical (unpaired) electrons. The number of halogens is 2. The maximum Gasteiger partial charge on any atom is 0.129 e. The second-order valence-corrected chi connectivity index (χ2v) is 5.30. The highest BCUT2D eigenvalue weighted by Gasteiger charge is 2.26. The lowest BCUT2D eigenvalue weighted by Crippen LogP contribution is -2.45. The monoisotopic (exact) mass is 282 g/mol. The second kappa shape index (κ2) is 6.51. The molecule has 0 bridgehead atoms. The number of benzene rings is 1. The van der Waals surface area contributed by atoms with E-state index in [9.17, 15) is 4.39 Å². The molecule has 4 heteroatoms. The SMILES string of the molecule is C=CC[C@@H](c1c(F)ccc(C)c1Cl)N1CCNCC1. The van der Waals surface area contributed by atoms with E-state index in [1.54, 1.807) is 6.07 Å². The zero-order chi connectivity index (χ0) is 13.8. The highest BCUT2D eigenvalue weighted by Crippen LogP contribution is 2.34. The topological polar surface area (TPSA) is 15.3 Å². The van der Waals surface area contributed by atoms with E-state index in [2.05, 4.69) is 16.8 Å². The Kier molecular flexibility index (Phi) is 4.97. The van der Waals surface area contributed by atoms with E-state index in [1.807, 2.05) is 13.0 Å². The minimum Gasteiger partial charge on any atom is -0.314 e. The molecule has 0 unspecified atom stereocenters. The molecule has 1 heterocycles. The van der Waals surface area contributed by atoms with Gasteiger partial charge in [-0.3, -0.25) is 4.90 Å². The van der Waals surface area contributed by atoms with Gasteiger partial charge in [-0.1, -0.05) is 23.7 Å². The van der Waals surface area contributed by atoms with Crippen LogP contribution in [0.5, 0.6) is 0 Å². The molecule has 1 fully saturated rings. The van der Waals surface area contributed by atoms with Crippen LogP contribution < -0.4 is 5.32 Å². The zero-order valence-electron chi connectivity index (χ0n) is 11.3. The van der Waals surface area contributed by atoms with E-state index in [0.29, 0.717) is 17.0 Å². The third kappa shape index (κ3) is 3.16. The largest absolute Gasteiger partial charge is 0.314 e. The Morgan fingerprint density at radius 1 is 1.47 bits per heavy atom. The first-order chi connectivity index (χ1) is 9.15. The van der Waals surface area contributed by atoms with E-state index < -0.39 is 0 Å². The summed E-state index contributed by atoms with van der Waals surface area (Å²) >= 11 is 6.33. The molecule has 0 amide bonds. The van der Waals surface area contributed by atoms with Gasteiger partial charge in [-0.05, 0) is 25.0 Å². The third-order valence-corrected chi connectivity index (χ3v) is 4.14. The van der Waals surface area contributed by atoms with Crippen molar-refractivity contribution in [3.05, 3.63) is 46.8 Å². The molecule has 1 aliphatic heterocycles. The molecule has 1 atom stereocenters. The van der Waals surface area contributed by atoms with E-state index in [4.69, 9.17) is 11.6 Å². The van der Waals surface area contributed by atoms with Crippen LogP contribution in [0, 0.1) is 12.7 Å². The van der Waals surface area contributed by atoms with Crippen molar-refractivity contribution in [3.63, 3.8) is 0 Å². The van der Waals surface area contributed by atoms with Crippen molar-refractivity contribution in [2.24, 2.45) is 0 Å². The lowest BCUT2D eigenvalue weighted by Gasteiger charge is -2.35. The van der Waals surface area contributed by atoms with Crippen molar-refractivity contribution >= 4 is 11.6 Å². The molecule has 0 aromatic heterocycles. The first kappa shape index (κ1) is 14.5. The van der Waals surface area contributed by atoms with E-state index in [1.165, 1.54) is 6.07 Å². The van der Waals surface area contributed by atoms with Crippen LogP contribution >= 0.6 is 11.6 Å². The third-order valence-electron chi connectivity index (χ3n) is 3.64. The van der Waals surface area contributed by atoms with Gasteiger partial charge in [0.1, 0.15) is 5.82 Å². The van der Waals surface area contributed by atoms with Crippen molar-refractivity contribution in [2.75, 3.05) is 26.2 Å². The Hall–Kier alpha value is -0.900. The van der Waals surface area contributed by atoms with E-state index in [0.717, 1.165) is 31.7 Å². The maximum atomic E-state index is 14.2. The fourth-order valence-corrected chi connectivity index (χ4v) is 2.86. The second-order valence-electron chi connectivity index (χ2n) is 4.92. The van der Waals surface area contributed by atoms with Crippen molar-refractivity contribution < 1.29 is 4.39 Å². The average molecular weight is 283 g/mol. The minimum atomic E-state index is -0.221. The summed E-state index contributed by atoms with van der Waals surface area (Å²) in [7, 11) is 0. The predicted molar refractivity (Wildman–Crippen MR) is 78.1 cm³/mol. The van der Waals surface area contributed by atoms with Gasteiger partial charge in [0.05, 0.1) is 5.02 Å². The van der Waals surface area contributed by atoms with Gasteiger partial charge in [0.2, 0.25) is 0 Å². The molecule has 1 aromatic carbocycles. The number of hydrogen-bond donors (Lipinski definition) is 1. The van der Waals surface area contributed by atoms with Crippen LogP contribution in [0.4, 0.5) is 4.39 Å². The van der Waals surface area contributed by atoms with Crippen LogP contribution in [-0.2, 0) is 0 Å². The summed E-state index contributed by atoms with van der Waals surface area (Å²) in [5, 5.41) is 3.86. The Morgan fingerprint density at radius 3 is 2.79 bits per heavy atom. The molecule has 1 aliphatic rings. The van der Waals surface area contributed by atoms with Crippen LogP contribution in [0.1, 0.15) is 23.6 Å². The number of piperazine rings is 1. The molecule has 2 nitrogen and oxygen atoms in total. The molecule has 1 N–H and O–H groups in total. The van der Waals surface area contributed by atoms with Gasteiger partial charge in [-0.15, -0.1) is 6.58 Å². The normalized spacial score (nSPS) is 18.3. The molecule has 0 aliphatic carbocycles. The number of nitrogens with zero attached hydrogens (tertiary/aromatic N) is 1. The van der Waals surface area contributed by atoms with Crippen LogP contribution in [0.2, 0.25) is 5.02 Å². The zero-order valence-corrected chi connectivity index (χ0v) is 12.0. The molecule has 19 heavy (non-hydrogen) atoms. The first-order valence-corrected chi connectivity index (χ1v) is 7.03. The summed E-state index contributed by atoms with van der Waals surface area (Å²) in [6, 6.07) is 3.21. The summed E-state index contributed by atoms with van der Waals surface area (Å²) in [4.78, 5) is 2.28. The lowest BCUT2D eigenvalue weighted by molar-refractivity contribution is 0.171. The van der Waals surface area contributed by atoms with Gasteiger partial charge < -0.3 is 5.32 Å². The summed E-state index contributed by atoms with van der Waals surface area (Å²) < 4.78 is 14.2. The molecule has 2 rings (SSSR count). The maximum absolute atomic E-state index is 14.2. The summed E-state index contributed by atoms with van der Waals surface area (Å²) in [5.74, 6) is -0.221. The van der Waals surface area contributed by atoms with Gasteiger partial charge in [-0.25, -0.2) is 4.39 Å². The highest BCUT2D eigenvalue weighted by atomic mass is 35.5. The lowest BCUT2D eigenvalue weighted by atomic mass is 9.98. The number of aryl methyl sites for hydroxylation is 1. The standard InChI is InChI=1S/C15H20ClFN2/c1-3-4-13(19-9-7-18-8-10-19)14-12(17)6-5-11(2)15(14)16/h3,5-6,13,18H,1,4,7-10H2,2H3/t13-/m0/s1. The Balaban J connectivity index is 2.37. The van der Waals surface area contributed by atoms with Crippen molar-refractivity contribution in [2.45, 2.75) is 19.4 Å². The fraction of sp³-hybridized carbons (Fsp3) is 0.467. The van der Waals surface area contributed by atoms with Crippen LogP contribution in [0.25, 0.3) is 0 Å². The van der Waals surface area contributed by atoms with Gasteiger partial charge in [0.25, 0.3) is 0 Å². The summed E-state index contributed by atoms with van der Waals surface area (Å²) in [5.41, 5.74) is 1.53. The van der Waals surface area contributed by atoms with Crippen LogP contribution in [0.15, 0.2) is 24.8 Å². The molecule has 1 saturated heterocycles. The van der Waals surface area contributed by atoms with E-state index >= 15 is 0 Å². The molecule has 0 saturated carbocycles. The number of hydrogen-bond acceptors (Lipinski definition) is 2. The predicted octanol–water partition coefficient (Wildman–Crippen LogP) is 3.31. The van der Waals surface area contributed by atoms with Gasteiger partial charge in [-0.2, -0.15) is 0 Å². The van der Waals surface area contributed by atoms with Crippen molar-refractivity contribution in [1.29, 1.82) is 0 Å². The minimum absolute atomic E-state index is 0.0213. The molecular weight excluding hydrogens is 263 g/mol. The van der Waals surface area contributed by atoms with Crippen molar-refractivity contribution in [3.8, 4) is 0 Å². The molecular formula is C15H20ClFN2. The van der Waals surface area contributed by atoms with Gasteiger partial charge in [0.15, 0.2) is 0 Å². The van der Waals surface area contributed by atoms with Crippen LogP contribution in [0.3, 0.4) is 0 Å². The quantitative estimate of drug-likeness (QED) is 0.853. The van der Waals surface area contributed by atoms with Gasteiger partial charge >= 0.3 is 0 Å². The average Bonchev–Trinajstić information content (AvgIpc) is 2.43. The number of rotatable bonds is 4. The Labute approximate surface area is 119 Å². The number of nitrogens with one attached hydrogen (secondary N) is 1. The molecule has 1 aromatic rings. The highest BCUT2D eigenvalue weighted by molar-refractivity contribution is 6.32. The smallest absolute Gasteiger partial charge is 0.129 e. The first-order valence-electron chi connectivity index (χ1n) is 6.65. The Morgan fingerprint density at radius 2 is 2.16 bits per heavy atom. The van der Waals surface area contributed by atoms with Crippen LogP contribution in [-0.4, -0.2) is 31.1 Å².